The van der Waals surface area contributed by atoms with Crippen LogP contribution in [0.15, 0.2) is 67.1 Å². The highest BCUT2D eigenvalue weighted by atomic mass is 16.5. The van der Waals surface area contributed by atoms with Gasteiger partial charge in [-0.15, -0.1) is 0 Å². The second kappa shape index (κ2) is 9.61. The number of pyridine rings is 1. The van der Waals surface area contributed by atoms with Crippen molar-refractivity contribution in [1.82, 2.24) is 15.0 Å². The fourth-order valence-corrected chi connectivity index (χ4v) is 3.19. The van der Waals surface area contributed by atoms with Crippen LogP contribution >= 0.6 is 0 Å². The first-order valence-corrected chi connectivity index (χ1v) is 10.00. The molecule has 4 aromatic rings. The van der Waals surface area contributed by atoms with Crippen molar-refractivity contribution in [3.05, 3.63) is 72.7 Å². The van der Waals surface area contributed by atoms with Crippen LogP contribution in [0, 0.1) is 0 Å². The zero-order valence-electron chi connectivity index (χ0n) is 17.4. The number of carbonyl (C=O) groups is 1. The Balaban J connectivity index is 1.50. The highest BCUT2D eigenvalue weighted by Gasteiger charge is 2.09. The molecule has 0 fully saturated rings. The molecular formula is C23H22N6O3. The van der Waals surface area contributed by atoms with Crippen molar-refractivity contribution in [1.29, 1.82) is 0 Å². The number of fused-ring (bicyclic) bond motifs is 1. The van der Waals surface area contributed by atoms with Crippen molar-refractivity contribution in [2.75, 3.05) is 17.2 Å². The predicted octanol–water partition coefficient (Wildman–Crippen LogP) is 4.24. The molecule has 2 amide bonds. The van der Waals surface area contributed by atoms with Crippen LogP contribution in [0.25, 0.3) is 10.8 Å². The lowest BCUT2D eigenvalue weighted by molar-refractivity contribution is 0.259. The molecule has 0 aliphatic heterocycles. The molecule has 9 nitrogen and oxygen atoms in total. The number of aromatic nitrogens is 3. The Hall–Kier alpha value is -4.40. The van der Waals surface area contributed by atoms with Gasteiger partial charge in [0.15, 0.2) is 5.82 Å². The van der Waals surface area contributed by atoms with Crippen LogP contribution in [0.4, 0.5) is 22.1 Å². The Morgan fingerprint density at radius 1 is 1.03 bits per heavy atom. The van der Waals surface area contributed by atoms with Crippen molar-refractivity contribution in [3.63, 3.8) is 0 Å². The van der Waals surface area contributed by atoms with Crippen LogP contribution < -0.4 is 25.8 Å². The van der Waals surface area contributed by atoms with Gasteiger partial charge in [-0.3, -0.25) is 4.98 Å². The maximum Gasteiger partial charge on any atom is 0.316 e. The van der Waals surface area contributed by atoms with E-state index in [0.717, 1.165) is 16.3 Å². The van der Waals surface area contributed by atoms with E-state index in [2.05, 4.69) is 25.6 Å². The lowest BCUT2D eigenvalue weighted by Crippen LogP contribution is -2.19. The molecule has 2 aromatic heterocycles. The maximum atomic E-state index is 11.3. The minimum Gasteiger partial charge on any atom is -0.488 e. The standard InChI is InChI=1S/C23H22N6O3/c1-2-31-22-13-25-12-21(29-22)28-20-11-15(9-10-26-20)14-32-19-8-7-18(27-23(24)30)16-5-3-4-6-17(16)19/h3-13H,2,14H2,1H3,(H3,24,27,30)(H,26,28,29). The van der Waals surface area contributed by atoms with Crippen LogP contribution in [0.5, 0.6) is 11.6 Å². The number of urea groups is 1. The number of carbonyl (C=O) groups excluding carboxylic acids is 1. The summed E-state index contributed by atoms with van der Waals surface area (Å²) in [6, 6.07) is 14.3. The molecule has 0 saturated carbocycles. The summed E-state index contributed by atoms with van der Waals surface area (Å²) in [7, 11) is 0. The predicted molar refractivity (Wildman–Crippen MR) is 122 cm³/mol. The topological polar surface area (TPSA) is 124 Å². The van der Waals surface area contributed by atoms with E-state index >= 15 is 0 Å². The van der Waals surface area contributed by atoms with Gasteiger partial charge < -0.3 is 25.8 Å². The van der Waals surface area contributed by atoms with Crippen molar-refractivity contribution < 1.29 is 14.3 Å². The first kappa shape index (κ1) is 20.9. The van der Waals surface area contributed by atoms with Crippen LogP contribution in [-0.4, -0.2) is 27.6 Å². The molecule has 0 radical (unpaired) electrons. The average molecular weight is 430 g/mol. The zero-order chi connectivity index (χ0) is 22.3. The SMILES string of the molecule is CCOc1cncc(Nc2cc(COc3ccc(NC(N)=O)c4ccccc34)ccn2)n1. The van der Waals surface area contributed by atoms with Gasteiger partial charge >= 0.3 is 6.03 Å². The van der Waals surface area contributed by atoms with Crippen LogP contribution in [-0.2, 0) is 6.61 Å². The first-order chi connectivity index (χ1) is 15.6. The van der Waals surface area contributed by atoms with Gasteiger partial charge in [-0.1, -0.05) is 24.3 Å². The van der Waals surface area contributed by atoms with Gasteiger partial charge in [0.2, 0.25) is 5.88 Å². The van der Waals surface area contributed by atoms with E-state index in [4.69, 9.17) is 15.2 Å². The van der Waals surface area contributed by atoms with Crippen molar-refractivity contribution in [2.45, 2.75) is 13.5 Å². The summed E-state index contributed by atoms with van der Waals surface area (Å²) in [5, 5.41) is 7.47. The average Bonchev–Trinajstić information content (AvgIpc) is 2.79. The highest BCUT2D eigenvalue weighted by molar-refractivity contribution is 6.03. The largest absolute Gasteiger partial charge is 0.488 e. The summed E-state index contributed by atoms with van der Waals surface area (Å²) in [5.41, 5.74) is 6.82. The fraction of sp³-hybridized carbons (Fsp3) is 0.130. The number of nitrogens with zero attached hydrogens (tertiary/aromatic N) is 3. The molecular weight excluding hydrogens is 408 g/mol. The minimum atomic E-state index is -0.614. The summed E-state index contributed by atoms with van der Waals surface area (Å²) in [4.78, 5) is 24.1. The van der Waals surface area contributed by atoms with Gasteiger partial charge in [0.1, 0.15) is 18.2 Å². The van der Waals surface area contributed by atoms with E-state index in [1.807, 2.05) is 49.4 Å². The second-order valence-electron chi connectivity index (χ2n) is 6.78. The molecule has 0 saturated heterocycles. The van der Waals surface area contributed by atoms with E-state index in [1.165, 1.54) is 0 Å². The van der Waals surface area contributed by atoms with E-state index in [0.29, 0.717) is 42.2 Å². The smallest absolute Gasteiger partial charge is 0.316 e. The molecule has 4 rings (SSSR count). The number of hydrogen-bond donors (Lipinski definition) is 3. The molecule has 0 atom stereocenters. The Kier molecular flexibility index (Phi) is 6.26. The third kappa shape index (κ3) is 5.01. The number of nitrogens with two attached hydrogens (primary N) is 1. The van der Waals surface area contributed by atoms with Gasteiger partial charge in [-0.05, 0) is 36.8 Å². The number of rotatable bonds is 8. The molecule has 0 aliphatic carbocycles. The van der Waals surface area contributed by atoms with Gasteiger partial charge in [0, 0.05) is 17.0 Å². The van der Waals surface area contributed by atoms with Crippen LogP contribution in [0.3, 0.4) is 0 Å². The minimum absolute atomic E-state index is 0.328. The summed E-state index contributed by atoms with van der Waals surface area (Å²) in [5.74, 6) is 2.28. The molecule has 2 aromatic carbocycles. The van der Waals surface area contributed by atoms with E-state index in [1.54, 1.807) is 24.7 Å². The summed E-state index contributed by atoms with van der Waals surface area (Å²) in [6.45, 7) is 2.73. The van der Waals surface area contributed by atoms with Crippen molar-refractivity contribution >= 4 is 34.1 Å². The number of primary amides is 1. The van der Waals surface area contributed by atoms with Gasteiger partial charge in [-0.2, -0.15) is 4.98 Å². The molecule has 0 unspecified atom stereocenters. The van der Waals surface area contributed by atoms with Crippen molar-refractivity contribution in [2.24, 2.45) is 5.73 Å². The lowest BCUT2D eigenvalue weighted by Gasteiger charge is -2.13. The number of hydrogen-bond acceptors (Lipinski definition) is 7. The van der Waals surface area contributed by atoms with Gasteiger partial charge in [0.05, 0.1) is 24.7 Å². The molecule has 162 valence electrons. The quantitative estimate of drug-likeness (QED) is 0.382. The summed E-state index contributed by atoms with van der Waals surface area (Å²) < 4.78 is 11.5. The Morgan fingerprint density at radius 2 is 1.88 bits per heavy atom. The van der Waals surface area contributed by atoms with Gasteiger partial charge in [-0.25, -0.2) is 9.78 Å². The molecule has 0 spiro atoms. The number of anilines is 3. The monoisotopic (exact) mass is 430 g/mol. The summed E-state index contributed by atoms with van der Waals surface area (Å²) >= 11 is 0. The van der Waals surface area contributed by atoms with E-state index in [9.17, 15) is 4.79 Å². The Labute approximate surface area is 184 Å². The molecule has 9 heteroatoms. The molecule has 32 heavy (non-hydrogen) atoms. The van der Waals surface area contributed by atoms with E-state index in [-0.39, 0.29) is 0 Å². The number of ether oxygens (including phenoxy) is 2. The molecule has 0 bridgehead atoms. The first-order valence-electron chi connectivity index (χ1n) is 10.00. The normalized spacial score (nSPS) is 10.5. The number of nitrogens with one attached hydrogen (secondary N) is 2. The van der Waals surface area contributed by atoms with E-state index < -0.39 is 6.03 Å². The van der Waals surface area contributed by atoms with Crippen LogP contribution in [0.2, 0.25) is 0 Å². The highest BCUT2D eigenvalue weighted by Crippen LogP contribution is 2.32. The molecule has 2 heterocycles. The Bertz CT molecular complexity index is 1250. The second-order valence-corrected chi connectivity index (χ2v) is 6.78. The Morgan fingerprint density at radius 3 is 2.69 bits per heavy atom. The van der Waals surface area contributed by atoms with Crippen molar-refractivity contribution in [3.8, 4) is 11.6 Å². The third-order valence-electron chi connectivity index (χ3n) is 4.52. The summed E-state index contributed by atoms with van der Waals surface area (Å²) in [6.07, 6.45) is 4.85. The maximum absolute atomic E-state index is 11.3. The zero-order valence-corrected chi connectivity index (χ0v) is 17.4. The molecule has 4 N–H and O–H groups in total. The van der Waals surface area contributed by atoms with Gasteiger partial charge in [0.25, 0.3) is 0 Å². The lowest BCUT2D eigenvalue weighted by atomic mass is 10.1. The fourth-order valence-electron chi connectivity index (χ4n) is 3.19. The third-order valence-corrected chi connectivity index (χ3v) is 4.52. The van der Waals surface area contributed by atoms with Crippen LogP contribution in [0.1, 0.15) is 12.5 Å². The molecule has 0 aliphatic rings. The number of benzene rings is 2. The number of amides is 2.